The lowest BCUT2D eigenvalue weighted by molar-refractivity contribution is 0.242. The molecule has 0 aromatic heterocycles. The van der Waals surface area contributed by atoms with Gasteiger partial charge in [-0.25, -0.2) is 0 Å². The quantitative estimate of drug-likeness (QED) is 0.171. The molecule has 0 N–H and O–H groups in total. The van der Waals surface area contributed by atoms with Gasteiger partial charge in [-0.2, -0.15) is 0 Å². The minimum Gasteiger partial charge on any atom is -0.491 e. The molecule has 6 aromatic rings. The van der Waals surface area contributed by atoms with Crippen molar-refractivity contribution in [3.63, 3.8) is 0 Å². The maximum atomic E-state index is 5.95. The van der Waals surface area contributed by atoms with Crippen molar-refractivity contribution >= 4 is 33.7 Å². The van der Waals surface area contributed by atoms with Gasteiger partial charge in [-0.05, 0) is 130 Å². The Morgan fingerprint density at radius 3 is 1.20 bits per heavy atom. The standard InChI is InChI=1S/C42H38O2/c1-7-35-39(29-17-21-33(22-18-29)43-27(3)4)25-31-13-9-11-15-37(31)41(35)42-36(8-2)40(26-32-14-10-12-16-38(32)42)30-19-23-34(24-20-30)44-28(5)6/h7-28H,1-2H2,3-6H3. The van der Waals surface area contributed by atoms with E-state index in [1.165, 1.54) is 21.5 Å². The van der Waals surface area contributed by atoms with Crippen molar-refractivity contribution < 1.29 is 9.47 Å². The third kappa shape index (κ3) is 5.52. The van der Waals surface area contributed by atoms with Gasteiger partial charge in [0.15, 0.2) is 0 Å². The van der Waals surface area contributed by atoms with Gasteiger partial charge in [0.1, 0.15) is 11.5 Å². The van der Waals surface area contributed by atoms with Crippen LogP contribution in [0.25, 0.3) is 67.1 Å². The number of hydrogen-bond acceptors (Lipinski definition) is 2. The van der Waals surface area contributed by atoms with Crippen molar-refractivity contribution in [2.45, 2.75) is 39.9 Å². The Balaban J connectivity index is 1.67. The molecule has 0 aliphatic heterocycles. The third-order valence-electron chi connectivity index (χ3n) is 7.91. The first-order valence-corrected chi connectivity index (χ1v) is 15.3. The predicted octanol–water partition coefficient (Wildman–Crippen LogP) is 11.9. The SMILES string of the molecule is C=Cc1c(-c2ccc(OC(C)C)cc2)cc2ccccc2c1-c1c(C=C)c(-c2ccc(OC(C)C)cc2)cc2ccccc12. The van der Waals surface area contributed by atoms with Crippen LogP contribution in [0.1, 0.15) is 38.8 Å². The van der Waals surface area contributed by atoms with Crippen LogP contribution in [0.15, 0.2) is 122 Å². The minimum absolute atomic E-state index is 0.119. The summed E-state index contributed by atoms with van der Waals surface area (Å²) in [6.45, 7) is 16.9. The molecule has 0 amide bonds. The zero-order valence-electron chi connectivity index (χ0n) is 25.9. The van der Waals surface area contributed by atoms with Crippen molar-refractivity contribution in [2.75, 3.05) is 0 Å². The molecule has 0 fully saturated rings. The summed E-state index contributed by atoms with van der Waals surface area (Å²) in [5, 5.41) is 4.70. The van der Waals surface area contributed by atoms with Crippen LogP contribution in [0.2, 0.25) is 0 Å². The molecular formula is C42H38O2. The Labute approximate surface area is 260 Å². The van der Waals surface area contributed by atoms with E-state index in [1.807, 2.05) is 39.8 Å². The lowest BCUT2D eigenvalue weighted by Gasteiger charge is -2.22. The maximum absolute atomic E-state index is 5.95. The Bertz CT molecular complexity index is 1830. The number of hydrogen-bond donors (Lipinski definition) is 0. The Kier molecular flexibility index (Phi) is 8.09. The molecule has 0 atom stereocenters. The summed E-state index contributed by atoms with van der Waals surface area (Å²) in [6, 6.07) is 38.6. The molecule has 0 saturated carbocycles. The monoisotopic (exact) mass is 574 g/mol. The molecule has 0 saturated heterocycles. The lowest BCUT2D eigenvalue weighted by Crippen LogP contribution is -2.05. The molecule has 0 aliphatic rings. The van der Waals surface area contributed by atoms with Crippen LogP contribution in [0, 0.1) is 0 Å². The Morgan fingerprint density at radius 2 is 0.864 bits per heavy atom. The van der Waals surface area contributed by atoms with Crippen LogP contribution in [0.4, 0.5) is 0 Å². The van der Waals surface area contributed by atoms with Gasteiger partial charge in [-0.15, -0.1) is 0 Å². The number of fused-ring (bicyclic) bond motifs is 2. The largest absolute Gasteiger partial charge is 0.491 e. The summed E-state index contributed by atoms with van der Waals surface area (Å²) in [5.41, 5.74) is 8.98. The van der Waals surface area contributed by atoms with Gasteiger partial charge in [0.05, 0.1) is 12.2 Å². The maximum Gasteiger partial charge on any atom is 0.119 e. The van der Waals surface area contributed by atoms with Crippen LogP contribution < -0.4 is 9.47 Å². The molecule has 44 heavy (non-hydrogen) atoms. The van der Waals surface area contributed by atoms with E-state index in [9.17, 15) is 0 Å². The van der Waals surface area contributed by atoms with Crippen molar-refractivity contribution in [3.8, 4) is 44.9 Å². The average Bonchev–Trinajstić information content (AvgIpc) is 3.03. The zero-order valence-corrected chi connectivity index (χ0v) is 25.9. The van der Waals surface area contributed by atoms with Gasteiger partial charge in [0.25, 0.3) is 0 Å². The summed E-state index contributed by atoms with van der Waals surface area (Å²) in [5.74, 6) is 1.73. The number of benzene rings is 6. The highest BCUT2D eigenvalue weighted by Crippen LogP contribution is 2.46. The molecule has 2 heteroatoms. The van der Waals surface area contributed by atoms with E-state index >= 15 is 0 Å². The summed E-state index contributed by atoms with van der Waals surface area (Å²) >= 11 is 0. The smallest absolute Gasteiger partial charge is 0.119 e. The lowest BCUT2D eigenvalue weighted by atomic mass is 9.81. The van der Waals surface area contributed by atoms with E-state index in [2.05, 4.69) is 122 Å². The van der Waals surface area contributed by atoms with E-state index < -0.39 is 0 Å². The van der Waals surface area contributed by atoms with Gasteiger partial charge in [-0.3, -0.25) is 0 Å². The van der Waals surface area contributed by atoms with Crippen molar-refractivity contribution in [1.29, 1.82) is 0 Å². The van der Waals surface area contributed by atoms with Crippen LogP contribution in [-0.2, 0) is 0 Å². The molecule has 0 aliphatic carbocycles. The predicted molar refractivity (Wildman–Crippen MR) is 189 cm³/mol. The second kappa shape index (κ2) is 12.3. The molecule has 218 valence electrons. The Morgan fingerprint density at radius 1 is 0.500 bits per heavy atom. The summed E-state index contributed by atoms with van der Waals surface area (Å²) in [7, 11) is 0. The van der Waals surface area contributed by atoms with Crippen molar-refractivity contribution in [1.82, 2.24) is 0 Å². The van der Waals surface area contributed by atoms with Gasteiger partial charge < -0.3 is 9.47 Å². The van der Waals surface area contributed by atoms with E-state index in [0.717, 1.165) is 56.0 Å². The second-order valence-corrected chi connectivity index (χ2v) is 11.7. The first-order chi connectivity index (χ1) is 21.4. The molecule has 6 aromatic carbocycles. The fourth-order valence-corrected chi connectivity index (χ4v) is 6.14. The van der Waals surface area contributed by atoms with Crippen LogP contribution in [0.3, 0.4) is 0 Å². The molecule has 0 radical (unpaired) electrons. The number of rotatable bonds is 9. The van der Waals surface area contributed by atoms with E-state index in [1.54, 1.807) is 0 Å². The molecule has 2 nitrogen and oxygen atoms in total. The van der Waals surface area contributed by atoms with E-state index in [0.29, 0.717) is 0 Å². The summed E-state index contributed by atoms with van der Waals surface area (Å²) < 4.78 is 11.9. The molecule has 0 heterocycles. The average molecular weight is 575 g/mol. The molecule has 0 bridgehead atoms. The third-order valence-corrected chi connectivity index (χ3v) is 7.91. The zero-order chi connectivity index (χ0) is 30.8. The Hall–Kier alpha value is -5.08. The highest BCUT2D eigenvalue weighted by molar-refractivity contribution is 6.14. The van der Waals surface area contributed by atoms with Gasteiger partial charge in [0.2, 0.25) is 0 Å². The van der Waals surface area contributed by atoms with Crippen LogP contribution >= 0.6 is 0 Å². The van der Waals surface area contributed by atoms with Gasteiger partial charge in [-0.1, -0.05) is 98.1 Å². The highest BCUT2D eigenvalue weighted by atomic mass is 16.5. The first kappa shape index (κ1) is 29.0. The minimum atomic E-state index is 0.119. The normalized spacial score (nSPS) is 11.3. The topological polar surface area (TPSA) is 18.5 Å². The summed E-state index contributed by atoms with van der Waals surface area (Å²) in [4.78, 5) is 0. The van der Waals surface area contributed by atoms with Crippen LogP contribution in [0.5, 0.6) is 11.5 Å². The molecule has 6 rings (SSSR count). The molecule has 0 unspecified atom stereocenters. The molecular weight excluding hydrogens is 536 g/mol. The first-order valence-electron chi connectivity index (χ1n) is 15.3. The second-order valence-electron chi connectivity index (χ2n) is 11.7. The molecule has 0 spiro atoms. The van der Waals surface area contributed by atoms with Crippen molar-refractivity contribution in [2.24, 2.45) is 0 Å². The van der Waals surface area contributed by atoms with E-state index in [-0.39, 0.29) is 12.2 Å². The fraction of sp³-hybridized carbons (Fsp3) is 0.143. The van der Waals surface area contributed by atoms with Crippen molar-refractivity contribution in [3.05, 3.63) is 133 Å². The fourth-order valence-electron chi connectivity index (χ4n) is 6.14. The highest BCUT2D eigenvalue weighted by Gasteiger charge is 2.21. The van der Waals surface area contributed by atoms with E-state index in [4.69, 9.17) is 9.47 Å². The van der Waals surface area contributed by atoms with Crippen LogP contribution in [-0.4, -0.2) is 12.2 Å². The van der Waals surface area contributed by atoms with Gasteiger partial charge >= 0.3 is 0 Å². The summed E-state index contributed by atoms with van der Waals surface area (Å²) in [6.07, 6.45) is 4.24. The number of ether oxygens (including phenoxy) is 2. The van der Waals surface area contributed by atoms with Gasteiger partial charge in [0, 0.05) is 0 Å².